The van der Waals surface area contributed by atoms with Crippen molar-refractivity contribution in [3.63, 3.8) is 0 Å². The predicted molar refractivity (Wildman–Crippen MR) is 97.2 cm³/mol. The summed E-state index contributed by atoms with van der Waals surface area (Å²) in [5.74, 6) is -0.349. The summed E-state index contributed by atoms with van der Waals surface area (Å²) in [7, 11) is 0. The molecule has 0 aliphatic heterocycles. The van der Waals surface area contributed by atoms with Gasteiger partial charge in [-0.1, -0.05) is 12.1 Å². The van der Waals surface area contributed by atoms with Gasteiger partial charge >= 0.3 is 0 Å². The fourth-order valence-electron chi connectivity index (χ4n) is 2.81. The molecule has 134 valence electrons. The van der Waals surface area contributed by atoms with E-state index in [4.69, 9.17) is 4.42 Å². The highest BCUT2D eigenvalue weighted by Gasteiger charge is 2.15. The molecule has 2 aromatic heterocycles. The Hall–Kier alpha value is -3.74. The van der Waals surface area contributed by atoms with E-state index in [1.54, 1.807) is 30.3 Å². The smallest absolute Gasteiger partial charge is 0.287 e. The zero-order chi connectivity index (χ0) is 18.8. The summed E-state index contributed by atoms with van der Waals surface area (Å²) >= 11 is 0. The zero-order valence-electron chi connectivity index (χ0n) is 14.1. The van der Waals surface area contributed by atoms with Gasteiger partial charge in [-0.3, -0.25) is 14.2 Å². The first-order valence-corrected chi connectivity index (χ1v) is 8.22. The maximum Gasteiger partial charge on any atom is 0.287 e. The second kappa shape index (κ2) is 6.87. The number of aromatic nitrogens is 2. The quantitative estimate of drug-likeness (QED) is 0.605. The van der Waals surface area contributed by atoms with Gasteiger partial charge in [0.1, 0.15) is 11.6 Å². The van der Waals surface area contributed by atoms with Crippen molar-refractivity contribution < 1.29 is 13.6 Å². The Morgan fingerprint density at radius 1 is 1.07 bits per heavy atom. The Kier molecular flexibility index (Phi) is 4.25. The molecule has 0 atom stereocenters. The molecule has 0 aliphatic rings. The maximum absolute atomic E-state index is 13.3. The minimum atomic E-state index is -0.423. The number of hydrogen-bond acceptors (Lipinski definition) is 4. The molecule has 2 aromatic carbocycles. The van der Waals surface area contributed by atoms with Crippen LogP contribution in [0.15, 0.2) is 76.1 Å². The largest absolute Gasteiger partial charge is 0.459 e. The summed E-state index contributed by atoms with van der Waals surface area (Å²) in [5.41, 5.74) is 0.680. The number of fused-ring (bicyclic) bond motifs is 1. The van der Waals surface area contributed by atoms with E-state index in [1.165, 1.54) is 41.2 Å². The van der Waals surface area contributed by atoms with Crippen LogP contribution in [0.2, 0.25) is 0 Å². The minimum absolute atomic E-state index is 0.00299. The van der Waals surface area contributed by atoms with E-state index in [0.717, 1.165) is 0 Å². The SMILES string of the molecule is O=C(NCc1nc2ccccc2c(=O)n1-c1ccc(F)cc1)c1ccco1. The van der Waals surface area contributed by atoms with Crippen molar-refractivity contribution in [2.45, 2.75) is 6.54 Å². The summed E-state index contributed by atoms with van der Waals surface area (Å²) in [5, 5.41) is 3.12. The second-order valence-electron chi connectivity index (χ2n) is 5.82. The van der Waals surface area contributed by atoms with Crippen molar-refractivity contribution in [2.24, 2.45) is 0 Å². The van der Waals surface area contributed by atoms with Crippen LogP contribution in [0.4, 0.5) is 4.39 Å². The number of benzene rings is 2. The number of furan rings is 1. The van der Waals surface area contributed by atoms with Gasteiger partial charge < -0.3 is 9.73 Å². The first kappa shape index (κ1) is 16.7. The predicted octanol–water partition coefficient (Wildman–Crippen LogP) is 3.05. The van der Waals surface area contributed by atoms with E-state index in [0.29, 0.717) is 22.4 Å². The van der Waals surface area contributed by atoms with Crippen molar-refractivity contribution >= 4 is 16.8 Å². The first-order chi connectivity index (χ1) is 13.1. The van der Waals surface area contributed by atoms with E-state index in [1.807, 2.05) is 0 Å². The van der Waals surface area contributed by atoms with Crippen LogP contribution < -0.4 is 10.9 Å². The molecule has 1 amide bonds. The lowest BCUT2D eigenvalue weighted by atomic mass is 10.2. The van der Waals surface area contributed by atoms with Gasteiger partial charge in [-0.2, -0.15) is 0 Å². The molecule has 4 rings (SSSR count). The molecule has 27 heavy (non-hydrogen) atoms. The third kappa shape index (κ3) is 3.22. The Morgan fingerprint density at radius 2 is 1.85 bits per heavy atom. The van der Waals surface area contributed by atoms with Gasteiger partial charge in [0.15, 0.2) is 5.76 Å². The van der Waals surface area contributed by atoms with Crippen LogP contribution in [0.5, 0.6) is 0 Å². The zero-order valence-corrected chi connectivity index (χ0v) is 14.1. The van der Waals surface area contributed by atoms with Gasteiger partial charge in [0.2, 0.25) is 0 Å². The minimum Gasteiger partial charge on any atom is -0.459 e. The van der Waals surface area contributed by atoms with Crippen LogP contribution >= 0.6 is 0 Å². The van der Waals surface area contributed by atoms with Crippen LogP contribution in [0.25, 0.3) is 16.6 Å². The van der Waals surface area contributed by atoms with Gasteiger partial charge in [-0.25, -0.2) is 9.37 Å². The maximum atomic E-state index is 13.3. The Labute approximate surface area is 152 Å². The summed E-state index contributed by atoms with van der Waals surface area (Å²) in [6.45, 7) is -0.00299. The van der Waals surface area contributed by atoms with E-state index in [-0.39, 0.29) is 17.9 Å². The number of para-hydroxylation sites is 1. The van der Waals surface area contributed by atoms with E-state index in [9.17, 15) is 14.0 Å². The molecule has 0 spiro atoms. The van der Waals surface area contributed by atoms with Crippen molar-refractivity contribution in [3.8, 4) is 5.69 Å². The number of halogens is 1. The van der Waals surface area contributed by atoms with Crippen molar-refractivity contribution in [1.29, 1.82) is 0 Å². The number of hydrogen-bond donors (Lipinski definition) is 1. The van der Waals surface area contributed by atoms with Crippen LogP contribution in [0, 0.1) is 5.82 Å². The van der Waals surface area contributed by atoms with Crippen molar-refractivity contribution in [2.75, 3.05) is 0 Å². The average molecular weight is 363 g/mol. The first-order valence-electron chi connectivity index (χ1n) is 8.22. The molecule has 0 aliphatic carbocycles. The molecule has 0 bridgehead atoms. The Balaban J connectivity index is 1.80. The number of amides is 1. The number of rotatable bonds is 4. The summed E-state index contributed by atoms with van der Waals surface area (Å²) in [4.78, 5) is 29.7. The lowest BCUT2D eigenvalue weighted by molar-refractivity contribution is 0.0922. The lowest BCUT2D eigenvalue weighted by Crippen LogP contribution is -2.30. The van der Waals surface area contributed by atoms with Gasteiger partial charge in [0.05, 0.1) is 29.4 Å². The summed E-state index contributed by atoms with van der Waals surface area (Å²) in [6.07, 6.45) is 1.40. The van der Waals surface area contributed by atoms with Gasteiger partial charge in [-0.05, 0) is 48.5 Å². The standard InChI is InChI=1S/C20H14FN3O3/c21-13-7-9-14(10-8-13)24-18(12-22-19(25)17-6-3-11-27-17)23-16-5-2-1-4-15(16)20(24)26/h1-11H,12H2,(H,22,25). The lowest BCUT2D eigenvalue weighted by Gasteiger charge is -2.14. The van der Waals surface area contributed by atoms with Crippen LogP contribution in [-0.4, -0.2) is 15.5 Å². The molecule has 0 saturated heterocycles. The fraction of sp³-hybridized carbons (Fsp3) is 0.0500. The molecule has 0 unspecified atom stereocenters. The molecule has 0 saturated carbocycles. The van der Waals surface area contributed by atoms with Gasteiger partial charge in [0.25, 0.3) is 11.5 Å². The molecule has 2 heterocycles. The van der Waals surface area contributed by atoms with Crippen LogP contribution in [-0.2, 0) is 6.54 Å². The topological polar surface area (TPSA) is 77.1 Å². The number of carbonyl (C=O) groups is 1. The second-order valence-corrected chi connectivity index (χ2v) is 5.82. The summed E-state index contributed by atoms with van der Waals surface area (Å²) in [6, 6.07) is 15.6. The fourth-order valence-corrected chi connectivity index (χ4v) is 2.81. The van der Waals surface area contributed by atoms with E-state index in [2.05, 4.69) is 10.3 Å². The molecule has 7 heteroatoms. The molecule has 4 aromatic rings. The summed E-state index contributed by atoms with van der Waals surface area (Å²) < 4.78 is 19.7. The third-order valence-corrected chi connectivity index (χ3v) is 4.08. The molecular formula is C20H14FN3O3. The van der Waals surface area contributed by atoms with E-state index >= 15 is 0 Å². The molecule has 6 nitrogen and oxygen atoms in total. The van der Waals surface area contributed by atoms with Crippen molar-refractivity contribution in [1.82, 2.24) is 14.9 Å². The Bertz CT molecular complexity index is 1170. The monoisotopic (exact) mass is 363 g/mol. The highest BCUT2D eigenvalue weighted by Crippen LogP contribution is 2.14. The van der Waals surface area contributed by atoms with Crippen LogP contribution in [0.1, 0.15) is 16.4 Å². The highest BCUT2D eigenvalue weighted by atomic mass is 19.1. The molecular weight excluding hydrogens is 349 g/mol. The Morgan fingerprint density at radius 3 is 2.59 bits per heavy atom. The highest BCUT2D eigenvalue weighted by molar-refractivity contribution is 5.91. The molecule has 0 radical (unpaired) electrons. The van der Waals surface area contributed by atoms with Gasteiger partial charge in [-0.15, -0.1) is 0 Å². The third-order valence-electron chi connectivity index (χ3n) is 4.08. The molecule has 0 fully saturated rings. The molecule has 1 N–H and O–H groups in total. The van der Waals surface area contributed by atoms with E-state index < -0.39 is 11.7 Å². The number of carbonyl (C=O) groups excluding carboxylic acids is 1. The average Bonchev–Trinajstić information content (AvgIpc) is 3.22. The number of nitrogens with zero attached hydrogens (tertiary/aromatic N) is 2. The normalized spacial score (nSPS) is 10.9. The van der Waals surface area contributed by atoms with Gasteiger partial charge in [0, 0.05) is 0 Å². The van der Waals surface area contributed by atoms with Crippen molar-refractivity contribution in [3.05, 3.63) is 94.7 Å². The van der Waals surface area contributed by atoms with Crippen LogP contribution in [0.3, 0.4) is 0 Å². The number of nitrogens with one attached hydrogen (secondary N) is 1.